The first-order valence-electron chi connectivity index (χ1n) is 5.66. The minimum Gasteiger partial charge on any atom is -0.481 e. The lowest BCUT2D eigenvalue weighted by molar-refractivity contribution is -0.136. The van der Waals surface area contributed by atoms with Crippen molar-refractivity contribution in [3.05, 3.63) is 36.3 Å². The van der Waals surface area contributed by atoms with Gasteiger partial charge in [0.05, 0.1) is 17.8 Å². The van der Waals surface area contributed by atoms with E-state index in [0.717, 1.165) is 5.56 Å². The van der Waals surface area contributed by atoms with Gasteiger partial charge in [-0.05, 0) is 18.2 Å². The second kappa shape index (κ2) is 4.56. The number of aliphatic carboxylic acids is 1. The van der Waals surface area contributed by atoms with Crippen molar-refractivity contribution in [3.8, 4) is 22.8 Å². The maximum Gasteiger partial charge on any atom is 0.309 e. The Morgan fingerprint density at radius 1 is 1.21 bits per heavy atom. The number of benzene rings is 1. The number of aromatic nitrogens is 2. The van der Waals surface area contributed by atoms with E-state index >= 15 is 0 Å². The van der Waals surface area contributed by atoms with E-state index < -0.39 is 5.97 Å². The number of hydrogen-bond acceptors (Lipinski definition) is 5. The van der Waals surface area contributed by atoms with E-state index in [4.69, 9.17) is 14.6 Å². The summed E-state index contributed by atoms with van der Waals surface area (Å²) in [5.74, 6) is 0.361. The molecule has 3 rings (SSSR count). The lowest BCUT2D eigenvalue weighted by Crippen LogP contribution is -2.05. The van der Waals surface area contributed by atoms with Crippen molar-refractivity contribution in [1.82, 2.24) is 9.97 Å². The molecule has 2 heterocycles. The van der Waals surface area contributed by atoms with Crippen LogP contribution in [-0.4, -0.2) is 27.8 Å². The van der Waals surface area contributed by atoms with Gasteiger partial charge in [-0.15, -0.1) is 0 Å². The average Bonchev–Trinajstić information content (AvgIpc) is 2.86. The number of carbonyl (C=O) groups is 1. The number of ether oxygens (including phenoxy) is 2. The summed E-state index contributed by atoms with van der Waals surface area (Å²) in [5, 5.41) is 8.88. The first kappa shape index (κ1) is 11.5. The van der Waals surface area contributed by atoms with Crippen molar-refractivity contribution in [2.24, 2.45) is 0 Å². The summed E-state index contributed by atoms with van der Waals surface area (Å²) in [6.45, 7) is 0.196. The molecule has 1 N–H and O–H groups in total. The lowest BCUT2D eigenvalue weighted by atomic mass is 10.1. The zero-order chi connectivity index (χ0) is 13.2. The number of rotatable bonds is 3. The maximum absolute atomic E-state index is 10.8. The van der Waals surface area contributed by atoms with Crippen molar-refractivity contribution in [3.63, 3.8) is 0 Å². The first-order chi connectivity index (χ1) is 9.24. The Morgan fingerprint density at radius 3 is 2.84 bits per heavy atom. The van der Waals surface area contributed by atoms with E-state index in [0.29, 0.717) is 22.9 Å². The highest BCUT2D eigenvalue weighted by Crippen LogP contribution is 2.35. The molecule has 2 aromatic rings. The second-order valence-electron chi connectivity index (χ2n) is 3.99. The van der Waals surface area contributed by atoms with Crippen LogP contribution in [0.5, 0.6) is 11.5 Å². The van der Waals surface area contributed by atoms with E-state index in [1.807, 2.05) is 6.07 Å². The van der Waals surface area contributed by atoms with Crippen molar-refractivity contribution in [2.75, 3.05) is 6.79 Å². The Hall–Kier alpha value is -2.63. The van der Waals surface area contributed by atoms with Crippen LogP contribution in [0, 0.1) is 0 Å². The standard InChI is InChI=1S/C13H10N2O4/c16-12(17)6-9-13(15-4-3-14-9)8-1-2-10-11(5-8)19-7-18-10/h1-5H,6-7H2,(H,16,17). The van der Waals surface area contributed by atoms with E-state index in [-0.39, 0.29) is 13.2 Å². The van der Waals surface area contributed by atoms with Gasteiger partial charge in [-0.2, -0.15) is 0 Å². The molecule has 0 bridgehead atoms. The molecule has 0 radical (unpaired) electrons. The summed E-state index contributed by atoms with van der Waals surface area (Å²) in [4.78, 5) is 19.1. The van der Waals surface area contributed by atoms with Gasteiger partial charge >= 0.3 is 5.97 Å². The van der Waals surface area contributed by atoms with Crippen LogP contribution in [0.15, 0.2) is 30.6 Å². The quantitative estimate of drug-likeness (QED) is 0.898. The number of fused-ring (bicyclic) bond motifs is 1. The van der Waals surface area contributed by atoms with Gasteiger partial charge in [0.15, 0.2) is 11.5 Å². The van der Waals surface area contributed by atoms with Crippen LogP contribution >= 0.6 is 0 Å². The number of nitrogens with zero attached hydrogens (tertiary/aromatic N) is 2. The molecule has 19 heavy (non-hydrogen) atoms. The monoisotopic (exact) mass is 258 g/mol. The third kappa shape index (κ3) is 2.20. The molecule has 1 aliphatic rings. The zero-order valence-electron chi connectivity index (χ0n) is 9.87. The molecular formula is C13H10N2O4. The van der Waals surface area contributed by atoms with Crippen LogP contribution in [0.3, 0.4) is 0 Å². The van der Waals surface area contributed by atoms with Gasteiger partial charge < -0.3 is 14.6 Å². The molecule has 0 atom stereocenters. The third-order valence-electron chi connectivity index (χ3n) is 2.74. The van der Waals surface area contributed by atoms with Crippen LogP contribution in [0.2, 0.25) is 0 Å². The first-order valence-corrected chi connectivity index (χ1v) is 5.66. The molecule has 0 fully saturated rings. The fourth-order valence-electron chi connectivity index (χ4n) is 1.92. The molecule has 0 spiro atoms. The van der Waals surface area contributed by atoms with Crippen molar-refractivity contribution >= 4 is 5.97 Å². The second-order valence-corrected chi connectivity index (χ2v) is 3.99. The summed E-state index contributed by atoms with van der Waals surface area (Å²) in [7, 11) is 0. The molecular weight excluding hydrogens is 248 g/mol. The SMILES string of the molecule is O=C(O)Cc1nccnc1-c1ccc2c(c1)OCO2. The Labute approximate surface area is 108 Å². The average molecular weight is 258 g/mol. The van der Waals surface area contributed by atoms with Gasteiger partial charge in [0.25, 0.3) is 0 Å². The fourth-order valence-corrected chi connectivity index (χ4v) is 1.92. The topological polar surface area (TPSA) is 81.5 Å². The van der Waals surface area contributed by atoms with Gasteiger partial charge in [-0.3, -0.25) is 14.8 Å². The van der Waals surface area contributed by atoms with Gasteiger partial charge in [0.2, 0.25) is 6.79 Å². The molecule has 1 aliphatic heterocycles. The smallest absolute Gasteiger partial charge is 0.309 e. The van der Waals surface area contributed by atoms with Gasteiger partial charge in [0.1, 0.15) is 0 Å². The predicted octanol–water partition coefficient (Wildman–Crippen LogP) is 1.50. The molecule has 0 aliphatic carbocycles. The number of carboxylic acids is 1. The van der Waals surface area contributed by atoms with Crippen LogP contribution in [0.1, 0.15) is 5.69 Å². The molecule has 6 nitrogen and oxygen atoms in total. The highest BCUT2D eigenvalue weighted by atomic mass is 16.7. The van der Waals surface area contributed by atoms with Gasteiger partial charge in [-0.1, -0.05) is 0 Å². The van der Waals surface area contributed by atoms with Gasteiger partial charge in [-0.25, -0.2) is 0 Å². The van der Waals surface area contributed by atoms with Crippen molar-refractivity contribution in [2.45, 2.75) is 6.42 Å². The molecule has 0 unspecified atom stereocenters. The minimum atomic E-state index is -0.942. The van der Waals surface area contributed by atoms with Crippen LogP contribution in [-0.2, 0) is 11.2 Å². The van der Waals surface area contributed by atoms with E-state index in [1.54, 1.807) is 12.1 Å². The summed E-state index contributed by atoms with van der Waals surface area (Å²) >= 11 is 0. The van der Waals surface area contributed by atoms with Crippen molar-refractivity contribution in [1.29, 1.82) is 0 Å². The van der Waals surface area contributed by atoms with E-state index in [1.165, 1.54) is 12.4 Å². The third-order valence-corrected chi connectivity index (χ3v) is 2.74. The Bertz CT molecular complexity index is 642. The molecule has 0 saturated carbocycles. The van der Waals surface area contributed by atoms with Crippen LogP contribution < -0.4 is 9.47 Å². The Balaban J connectivity index is 2.04. The van der Waals surface area contributed by atoms with Crippen LogP contribution in [0.25, 0.3) is 11.3 Å². The molecule has 6 heteroatoms. The zero-order valence-corrected chi connectivity index (χ0v) is 9.87. The van der Waals surface area contributed by atoms with Gasteiger partial charge in [0, 0.05) is 18.0 Å². The summed E-state index contributed by atoms with van der Waals surface area (Å²) < 4.78 is 10.5. The van der Waals surface area contributed by atoms with E-state index in [9.17, 15) is 4.79 Å². The fraction of sp³-hybridized carbons (Fsp3) is 0.154. The van der Waals surface area contributed by atoms with E-state index in [2.05, 4.69) is 9.97 Å². The lowest BCUT2D eigenvalue weighted by Gasteiger charge is -2.06. The number of hydrogen-bond donors (Lipinski definition) is 1. The summed E-state index contributed by atoms with van der Waals surface area (Å²) in [6, 6.07) is 5.36. The molecule has 0 saturated heterocycles. The maximum atomic E-state index is 10.8. The largest absolute Gasteiger partial charge is 0.481 e. The minimum absolute atomic E-state index is 0.169. The van der Waals surface area contributed by atoms with Crippen molar-refractivity contribution < 1.29 is 19.4 Å². The highest BCUT2D eigenvalue weighted by Gasteiger charge is 2.17. The Morgan fingerprint density at radius 2 is 2.00 bits per heavy atom. The highest BCUT2D eigenvalue weighted by molar-refractivity contribution is 5.74. The molecule has 1 aromatic heterocycles. The Kier molecular flexibility index (Phi) is 2.75. The van der Waals surface area contributed by atoms with Crippen LogP contribution in [0.4, 0.5) is 0 Å². The summed E-state index contributed by atoms with van der Waals surface area (Å²) in [5.41, 5.74) is 1.73. The summed E-state index contributed by atoms with van der Waals surface area (Å²) in [6.07, 6.45) is 2.84. The molecule has 0 amide bonds. The molecule has 1 aromatic carbocycles. The molecule has 96 valence electrons. The number of carboxylic acid groups (broad SMARTS) is 1. The normalized spacial score (nSPS) is 12.4. The predicted molar refractivity (Wildman–Crippen MR) is 64.9 cm³/mol.